The summed E-state index contributed by atoms with van der Waals surface area (Å²) in [4.78, 5) is 11.7. The Morgan fingerprint density at radius 1 is 1.53 bits per heavy atom. The number of hydrogen-bond acceptors (Lipinski definition) is 4. The van der Waals surface area contributed by atoms with Crippen LogP contribution in [0.1, 0.15) is 28.4 Å². The van der Waals surface area contributed by atoms with Gasteiger partial charge < -0.3 is 9.47 Å². The Balaban J connectivity index is 3.34. The first-order valence-corrected chi connectivity index (χ1v) is 5.56. The van der Waals surface area contributed by atoms with Crippen molar-refractivity contribution in [3.63, 3.8) is 0 Å². The molecule has 0 N–H and O–H groups in total. The van der Waals surface area contributed by atoms with E-state index in [2.05, 4.69) is 0 Å². The first kappa shape index (κ1) is 13.3. The monoisotopic (exact) mass is 253 g/mol. The van der Waals surface area contributed by atoms with E-state index in [1.807, 2.05) is 6.07 Å². The number of hydrogen-bond donors (Lipinski definition) is 0. The van der Waals surface area contributed by atoms with Crippen molar-refractivity contribution in [1.82, 2.24) is 0 Å². The Hall–Kier alpha value is -1.73. The van der Waals surface area contributed by atoms with E-state index in [-0.39, 0.29) is 18.1 Å². The van der Waals surface area contributed by atoms with Crippen molar-refractivity contribution in [2.75, 3.05) is 13.7 Å². The zero-order valence-electron chi connectivity index (χ0n) is 9.62. The van der Waals surface area contributed by atoms with Gasteiger partial charge in [0.1, 0.15) is 11.8 Å². The average molecular weight is 254 g/mol. The number of esters is 1. The second kappa shape index (κ2) is 6.12. The summed E-state index contributed by atoms with van der Waals surface area (Å²) in [6.07, 6.45) is 0. The summed E-state index contributed by atoms with van der Waals surface area (Å²) < 4.78 is 9.94. The van der Waals surface area contributed by atoms with Gasteiger partial charge >= 0.3 is 5.97 Å². The molecule has 0 saturated heterocycles. The van der Waals surface area contributed by atoms with E-state index in [9.17, 15) is 4.79 Å². The van der Waals surface area contributed by atoms with Gasteiger partial charge in [-0.3, -0.25) is 0 Å². The number of nitriles is 1. The SMILES string of the molecule is CCOC(=O)c1ccc(OC)c(C#N)c1CCl. The molecule has 0 amide bonds. The lowest BCUT2D eigenvalue weighted by molar-refractivity contribution is 0.0525. The van der Waals surface area contributed by atoms with Gasteiger partial charge in [-0.15, -0.1) is 11.6 Å². The fourth-order valence-electron chi connectivity index (χ4n) is 1.46. The van der Waals surface area contributed by atoms with Crippen LogP contribution in [-0.2, 0) is 10.6 Å². The number of alkyl halides is 1. The molecule has 0 atom stereocenters. The molecule has 0 fully saturated rings. The highest BCUT2D eigenvalue weighted by Gasteiger charge is 2.18. The van der Waals surface area contributed by atoms with Crippen LogP contribution in [0.15, 0.2) is 12.1 Å². The van der Waals surface area contributed by atoms with Crippen LogP contribution < -0.4 is 4.74 Å². The number of carbonyl (C=O) groups excluding carboxylic acids is 1. The second-order valence-electron chi connectivity index (χ2n) is 3.13. The van der Waals surface area contributed by atoms with Gasteiger partial charge in [0.05, 0.1) is 24.8 Å². The predicted molar refractivity (Wildman–Crippen MR) is 63.2 cm³/mol. The normalized spacial score (nSPS) is 9.53. The second-order valence-corrected chi connectivity index (χ2v) is 3.40. The Morgan fingerprint density at radius 3 is 2.71 bits per heavy atom. The fraction of sp³-hybridized carbons (Fsp3) is 0.333. The number of ether oxygens (including phenoxy) is 2. The van der Waals surface area contributed by atoms with Gasteiger partial charge in [-0.25, -0.2) is 4.79 Å². The highest BCUT2D eigenvalue weighted by molar-refractivity contribution is 6.18. The first-order chi connectivity index (χ1) is 8.19. The maximum atomic E-state index is 11.7. The third kappa shape index (κ3) is 2.69. The Labute approximate surface area is 105 Å². The van der Waals surface area contributed by atoms with Gasteiger partial charge in [0.25, 0.3) is 0 Å². The number of methoxy groups -OCH3 is 1. The third-order valence-corrected chi connectivity index (χ3v) is 2.50. The number of nitrogens with zero attached hydrogens (tertiary/aromatic N) is 1. The molecule has 5 heteroatoms. The van der Waals surface area contributed by atoms with Gasteiger partial charge in [0.15, 0.2) is 0 Å². The van der Waals surface area contributed by atoms with E-state index in [1.54, 1.807) is 19.1 Å². The van der Waals surface area contributed by atoms with E-state index in [1.165, 1.54) is 7.11 Å². The van der Waals surface area contributed by atoms with E-state index >= 15 is 0 Å². The van der Waals surface area contributed by atoms with E-state index < -0.39 is 5.97 Å². The maximum absolute atomic E-state index is 11.7. The minimum atomic E-state index is -0.484. The molecule has 1 rings (SSSR count). The van der Waals surface area contributed by atoms with Gasteiger partial charge in [-0.05, 0) is 19.1 Å². The molecule has 0 spiro atoms. The molecule has 90 valence electrons. The van der Waals surface area contributed by atoms with Gasteiger partial charge in [-0.2, -0.15) is 5.26 Å². The van der Waals surface area contributed by atoms with Crippen molar-refractivity contribution in [3.05, 3.63) is 28.8 Å². The summed E-state index contributed by atoms with van der Waals surface area (Å²) in [5, 5.41) is 9.06. The quantitative estimate of drug-likeness (QED) is 0.611. The molecule has 0 saturated carbocycles. The smallest absolute Gasteiger partial charge is 0.338 e. The van der Waals surface area contributed by atoms with E-state index in [4.69, 9.17) is 26.3 Å². The standard InChI is InChI=1S/C12H12ClNO3/c1-3-17-12(15)8-4-5-11(16-2)10(7-14)9(8)6-13/h4-5H,3,6H2,1-2H3. The molecule has 1 aromatic rings. The molecule has 0 heterocycles. The topological polar surface area (TPSA) is 59.3 Å². The zero-order chi connectivity index (χ0) is 12.8. The number of benzene rings is 1. The summed E-state index contributed by atoms with van der Waals surface area (Å²) in [6, 6.07) is 5.09. The number of carbonyl (C=O) groups is 1. The van der Waals surface area contributed by atoms with Gasteiger partial charge in [0, 0.05) is 11.4 Å². The lowest BCUT2D eigenvalue weighted by Gasteiger charge is -2.11. The Bertz CT molecular complexity index is 466. The summed E-state index contributed by atoms with van der Waals surface area (Å²) in [7, 11) is 1.46. The molecular formula is C12H12ClNO3. The van der Waals surface area contributed by atoms with Crippen LogP contribution in [0.3, 0.4) is 0 Å². The van der Waals surface area contributed by atoms with E-state index in [0.717, 1.165) is 0 Å². The molecule has 0 bridgehead atoms. The minimum Gasteiger partial charge on any atom is -0.495 e. The molecule has 0 radical (unpaired) electrons. The van der Waals surface area contributed by atoms with Crippen LogP contribution >= 0.6 is 11.6 Å². The van der Waals surface area contributed by atoms with Crippen LogP contribution in [0, 0.1) is 11.3 Å². The number of halogens is 1. The Kier molecular flexibility index (Phi) is 4.80. The van der Waals surface area contributed by atoms with Crippen LogP contribution in [0.2, 0.25) is 0 Å². The molecule has 0 aliphatic heterocycles. The molecule has 0 aliphatic rings. The van der Waals surface area contributed by atoms with Crippen LogP contribution in [0.4, 0.5) is 0 Å². The highest BCUT2D eigenvalue weighted by atomic mass is 35.5. The lowest BCUT2D eigenvalue weighted by Crippen LogP contribution is -2.09. The average Bonchev–Trinajstić information content (AvgIpc) is 2.36. The number of rotatable bonds is 4. The summed E-state index contributed by atoms with van der Waals surface area (Å²) >= 11 is 5.77. The summed E-state index contributed by atoms with van der Waals surface area (Å²) in [5.41, 5.74) is 1.01. The van der Waals surface area contributed by atoms with Gasteiger partial charge in [-0.1, -0.05) is 0 Å². The summed E-state index contributed by atoms with van der Waals surface area (Å²) in [5.74, 6) is -0.0349. The fourth-order valence-corrected chi connectivity index (χ4v) is 1.74. The van der Waals surface area contributed by atoms with Crippen molar-refractivity contribution in [2.45, 2.75) is 12.8 Å². The molecule has 0 aromatic heterocycles. The molecule has 0 aliphatic carbocycles. The van der Waals surface area contributed by atoms with E-state index in [0.29, 0.717) is 16.9 Å². The molecule has 0 unspecified atom stereocenters. The molecule has 4 nitrogen and oxygen atoms in total. The molecular weight excluding hydrogens is 242 g/mol. The zero-order valence-corrected chi connectivity index (χ0v) is 10.4. The van der Waals surface area contributed by atoms with Crippen molar-refractivity contribution < 1.29 is 14.3 Å². The molecule has 1 aromatic carbocycles. The van der Waals surface area contributed by atoms with Gasteiger partial charge in [0.2, 0.25) is 0 Å². The van der Waals surface area contributed by atoms with Crippen LogP contribution in [0.25, 0.3) is 0 Å². The van der Waals surface area contributed by atoms with Crippen molar-refractivity contribution >= 4 is 17.6 Å². The van der Waals surface area contributed by atoms with Crippen LogP contribution in [-0.4, -0.2) is 19.7 Å². The minimum absolute atomic E-state index is 0.0498. The lowest BCUT2D eigenvalue weighted by atomic mass is 10.0. The third-order valence-electron chi connectivity index (χ3n) is 2.24. The van der Waals surface area contributed by atoms with Crippen molar-refractivity contribution in [2.24, 2.45) is 0 Å². The highest BCUT2D eigenvalue weighted by Crippen LogP contribution is 2.26. The predicted octanol–water partition coefficient (Wildman–Crippen LogP) is 2.48. The molecule has 17 heavy (non-hydrogen) atoms. The Morgan fingerprint density at radius 2 is 2.24 bits per heavy atom. The summed E-state index contributed by atoms with van der Waals surface area (Å²) in [6.45, 7) is 1.99. The van der Waals surface area contributed by atoms with Crippen LogP contribution in [0.5, 0.6) is 5.75 Å². The van der Waals surface area contributed by atoms with Crippen molar-refractivity contribution in [3.8, 4) is 11.8 Å². The maximum Gasteiger partial charge on any atom is 0.338 e. The first-order valence-electron chi connectivity index (χ1n) is 5.02. The largest absolute Gasteiger partial charge is 0.495 e. The van der Waals surface area contributed by atoms with Crippen molar-refractivity contribution in [1.29, 1.82) is 5.26 Å².